The Hall–Kier alpha value is -3.73. The minimum absolute atomic E-state index is 0.0712. The van der Waals surface area contributed by atoms with E-state index in [0.717, 1.165) is 58.8 Å². The van der Waals surface area contributed by atoms with E-state index < -0.39 is 12.4 Å². The maximum absolute atomic E-state index is 14.9. The first-order valence-electron chi connectivity index (χ1n) is 13.4. The number of Topliss-reactive ketones (excluding diaryl/α,β-unsaturated/α-hetero) is 1. The number of nitrogens with one attached hydrogen (secondary N) is 1. The zero-order valence-corrected chi connectivity index (χ0v) is 22.6. The molecule has 2 N–H and O–H groups in total. The van der Waals surface area contributed by atoms with Crippen LogP contribution >= 0.6 is 11.3 Å². The van der Waals surface area contributed by atoms with Crippen LogP contribution in [0.3, 0.4) is 0 Å². The van der Waals surface area contributed by atoms with Gasteiger partial charge in [0.05, 0.1) is 26.8 Å². The monoisotopic (exact) mass is 560 g/mol. The predicted octanol–water partition coefficient (Wildman–Crippen LogP) is 4.49. The Bertz CT molecular complexity index is 1550. The normalized spacial score (nSPS) is 15.7. The molecule has 1 saturated heterocycles. The molecule has 1 saturated carbocycles. The Balaban J connectivity index is 1.11. The fraction of sp³-hybridized carbons (Fsp3) is 0.333. The second kappa shape index (κ2) is 11.4. The number of carbonyl (C=O) groups excluding carboxylic acids is 2. The van der Waals surface area contributed by atoms with Gasteiger partial charge in [0.2, 0.25) is 5.91 Å². The van der Waals surface area contributed by atoms with E-state index >= 15 is 0 Å². The lowest BCUT2D eigenvalue weighted by molar-refractivity contribution is -0.125. The number of aliphatic hydroxyl groups is 1. The maximum atomic E-state index is 14.9. The first kappa shape index (κ1) is 26.5. The number of amides is 1. The Morgan fingerprint density at radius 3 is 2.62 bits per heavy atom. The number of hydrogen-bond acceptors (Lipinski definition) is 8. The molecule has 8 nitrogen and oxygen atoms in total. The molecule has 0 unspecified atom stereocenters. The molecule has 1 amide bonds. The van der Waals surface area contributed by atoms with Gasteiger partial charge in [0.15, 0.2) is 11.6 Å². The van der Waals surface area contributed by atoms with E-state index in [1.54, 1.807) is 24.4 Å². The third-order valence-electron chi connectivity index (χ3n) is 7.16. The molecule has 4 aromatic rings. The van der Waals surface area contributed by atoms with Crippen LogP contribution < -0.4 is 10.1 Å². The zero-order chi connectivity index (χ0) is 27.6. The van der Waals surface area contributed by atoms with Gasteiger partial charge in [-0.1, -0.05) is 12.1 Å². The van der Waals surface area contributed by atoms with Crippen molar-refractivity contribution in [2.24, 2.45) is 5.92 Å². The van der Waals surface area contributed by atoms with Crippen molar-refractivity contribution in [3.8, 4) is 22.1 Å². The first-order valence-corrected chi connectivity index (χ1v) is 14.2. The molecule has 206 valence electrons. The number of nitrogens with zero attached hydrogens (tertiary/aromatic N) is 3. The molecular formula is C30H29FN4O4S. The lowest BCUT2D eigenvalue weighted by Crippen LogP contribution is -2.59. The third-order valence-corrected chi connectivity index (χ3v) is 8.32. The second-order valence-electron chi connectivity index (χ2n) is 10.5. The van der Waals surface area contributed by atoms with Crippen LogP contribution in [0.5, 0.6) is 11.5 Å². The van der Waals surface area contributed by atoms with Gasteiger partial charge in [0.25, 0.3) is 0 Å². The van der Waals surface area contributed by atoms with Gasteiger partial charge in [-0.15, -0.1) is 11.3 Å². The number of carbonyl (C=O) groups is 2. The van der Waals surface area contributed by atoms with Crippen LogP contribution in [0.1, 0.15) is 30.4 Å². The van der Waals surface area contributed by atoms with Gasteiger partial charge in [0, 0.05) is 50.9 Å². The van der Waals surface area contributed by atoms with E-state index in [4.69, 9.17) is 9.84 Å². The fourth-order valence-corrected chi connectivity index (χ4v) is 5.95. The minimum atomic E-state index is -0.500. The highest BCUT2D eigenvalue weighted by molar-refractivity contribution is 7.22. The molecule has 40 heavy (non-hydrogen) atoms. The molecule has 2 fully saturated rings. The smallest absolute Gasteiger partial charge is 0.246 e. The molecule has 6 rings (SSSR count). The number of ether oxygens (including phenoxy) is 1. The summed E-state index contributed by atoms with van der Waals surface area (Å²) in [6.45, 7) is 1.71. The van der Waals surface area contributed by atoms with Gasteiger partial charge in [-0.3, -0.25) is 24.5 Å². The van der Waals surface area contributed by atoms with Gasteiger partial charge in [-0.25, -0.2) is 4.39 Å². The van der Waals surface area contributed by atoms with Crippen molar-refractivity contribution in [3.63, 3.8) is 0 Å². The van der Waals surface area contributed by atoms with Crippen LogP contribution in [-0.4, -0.2) is 57.4 Å². The molecule has 1 aromatic carbocycles. The largest absolute Gasteiger partial charge is 0.453 e. The third kappa shape index (κ3) is 6.19. The van der Waals surface area contributed by atoms with E-state index in [1.165, 1.54) is 17.4 Å². The molecule has 0 radical (unpaired) electrons. The van der Waals surface area contributed by atoms with Crippen LogP contribution in [0.25, 0.3) is 20.8 Å². The Morgan fingerprint density at radius 2 is 1.90 bits per heavy atom. The van der Waals surface area contributed by atoms with Crippen molar-refractivity contribution in [2.75, 3.05) is 19.7 Å². The summed E-state index contributed by atoms with van der Waals surface area (Å²) >= 11 is 1.48. The number of hydrogen-bond donors (Lipinski definition) is 2. The van der Waals surface area contributed by atoms with Crippen LogP contribution in [0.2, 0.25) is 0 Å². The van der Waals surface area contributed by atoms with Crippen molar-refractivity contribution in [2.45, 2.75) is 38.3 Å². The van der Waals surface area contributed by atoms with Crippen molar-refractivity contribution in [3.05, 3.63) is 71.8 Å². The highest BCUT2D eigenvalue weighted by atomic mass is 32.1. The Morgan fingerprint density at radius 1 is 1.07 bits per heavy atom. The number of aromatic nitrogens is 2. The maximum Gasteiger partial charge on any atom is 0.246 e. The number of likely N-dealkylation sites (tertiary alicyclic amines) is 1. The zero-order valence-electron chi connectivity index (χ0n) is 21.8. The predicted molar refractivity (Wildman–Crippen MR) is 150 cm³/mol. The SMILES string of the molecule is O=C(Cc1ccc(Oc2ccnc3cc(-c4ccc(CN5CC(NC(=O)CO)C5)cn4)sc23)c(F)c1)CC1CC1. The van der Waals surface area contributed by atoms with Crippen LogP contribution in [-0.2, 0) is 22.6 Å². The summed E-state index contributed by atoms with van der Waals surface area (Å²) in [4.78, 5) is 35.7. The van der Waals surface area contributed by atoms with Crippen molar-refractivity contribution in [1.82, 2.24) is 20.2 Å². The van der Waals surface area contributed by atoms with Crippen molar-refractivity contribution in [1.29, 1.82) is 0 Å². The summed E-state index contributed by atoms with van der Waals surface area (Å²) in [5.41, 5.74) is 3.27. The molecular weight excluding hydrogens is 531 g/mol. The number of ketones is 1. The summed E-state index contributed by atoms with van der Waals surface area (Å²) in [6.07, 6.45) is 6.55. The van der Waals surface area contributed by atoms with E-state index in [1.807, 2.05) is 24.4 Å². The lowest BCUT2D eigenvalue weighted by Gasteiger charge is -2.39. The van der Waals surface area contributed by atoms with Gasteiger partial charge in [-0.2, -0.15) is 0 Å². The van der Waals surface area contributed by atoms with E-state index in [0.29, 0.717) is 23.7 Å². The number of pyridine rings is 2. The average molecular weight is 561 g/mol. The molecule has 0 atom stereocenters. The van der Waals surface area contributed by atoms with Gasteiger partial charge in [0.1, 0.15) is 18.1 Å². The summed E-state index contributed by atoms with van der Waals surface area (Å²) in [5.74, 6) is 0.434. The van der Waals surface area contributed by atoms with Crippen molar-refractivity contribution >= 4 is 33.2 Å². The summed E-state index contributed by atoms with van der Waals surface area (Å²) in [6, 6.07) is 12.4. The van der Waals surface area contributed by atoms with E-state index in [9.17, 15) is 14.0 Å². The molecule has 1 aliphatic heterocycles. The Labute approximate surface area is 234 Å². The van der Waals surface area contributed by atoms with Crippen molar-refractivity contribution < 1.29 is 23.8 Å². The van der Waals surface area contributed by atoms with Crippen LogP contribution in [0, 0.1) is 11.7 Å². The number of fused-ring (bicyclic) bond motifs is 1. The van der Waals surface area contributed by atoms with Crippen LogP contribution in [0.4, 0.5) is 4.39 Å². The molecule has 0 bridgehead atoms. The average Bonchev–Trinajstić information content (AvgIpc) is 3.62. The van der Waals surface area contributed by atoms with Gasteiger partial charge >= 0.3 is 0 Å². The number of rotatable bonds is 11. The van der Waals surface area contributed by atoms with Gasteiger partial charge < -0.3 is 15.2 Å². The standard InChI is InChI=1S/C30H29FN4O4S/c31-23-11-19(10-22(37)9-18-1-2-18)4-6-26(23)39-27-7-8-32-25-12-28(40-30(25)27)24-5-3-20(13-33-24)14-35-15-21(16-35)34-29(38)17-36/h3-8,11-13,18,21,36H,1-2,9-10,14-17H2,(H,34,38). The summed E-state index contributed by atoms with van der Waals surface area (Å²) < 4.78 is 21.7. The molecule has 4 heterocycles. The van der Waals surface area contributed by atoms with E-state index in [2.05, 4.69) is 20.2 Å². The Kier molecular flexibility index (Phi) is 7.55. The molecule has 2 aliphatic rings. The number of aliphatic hydroxyl groups excluding tert-OH is 1. The lowest BCUT2D eigenvalue weighted by atomic mass is 10.0. The summed E-state index contributed by atoms with van der Waals surface area (Å²) in [7, 11) is 0. The number of halogens is 1. The van der Waals surface area contributed by atoms with Gasteiger partial charge in [-0.05, 0) is 54.2 Å². The highest BCUT2D eigenvalue weighted by Gasteiger charge is 2.28. The first-order chi connectivity index (χ1) is 19.4. The minimum Gasteiger partial charge on any atom is -0.453 e. The molecule has 1 aliphatic carbocycles. The van der Waals surface area contributed by atoms with Crippen LogP contribution in [0.15, 0.2) is 54.9 Å². The topological polar surface area (TPSA) is 105 Å². The molecule has 3 aromatic heterocycles. The highest BCUT2D eigenvalue weighted by Crippen LogP contribution is 2.39. The number of thiophene rings is 1. The number of benzene rings is 1. The quantitative estimate of drug-likeness (QED) is 0.278. The van der Waals surface area contributed by atoms with E-state index in [-0.39, 0.29) is 29.9 Å². The molecule has 10 heteroatoms. The second-order valence-corrected chi connectivity index (χ2v) is 11.6. The molecule has 0 spiro atoms. The summed E-state index contributed by atoms with van der Waals surface area (Å²) in [5, 5.41) is 11.6. The fourth-order valence-electron chi connectivity index (χ4n) is 4.91.